The first kappa shape index (κ1) is 55.4. The van der Waals surface area contributed by atoms with Crippen LogP contribution in [0, 0.1) is 0 Å². The van der Waals surface area contributed by atoms with E-state index >= 15 is 52.7 Å². The van der Waals surface area contributed by atoms with Crippen molar-refractivity contribution in [2.24, 2.45) is 14.1 Å². The van der Waals surface area contributed by atoms with Crippen LogP contribution in [0.3, 0.4) is 0 Å². The fourth-order valence-corrected chi connectivity index (χ4v) is 12.1. The van der Waals surface area contributed by atoms with Gasteiger partial charge in [-0.3, -0.25) is 0 Å². The third-order valence-corrected chi connectivity index (χ3v) is 16.3. The van der Waals surface area contributed by atoms with Gasteiger partial charge in [0.25, 0.3) is 0 Å². The largest absolute Gasteiger partial charge is 0.482 e. The second kappa shape index (κ2) is 19.8. The summed E-state index contributed by atoms with van der Waals surface area (Å²) in [6.07, 6.45) is 0. The Labute approximate surface area is 449 Å². The maximum atomic E-state index is 15.7. The Balaban J connectivity index is 0.000000190. The molecule has 8 aromatic rings. The molecule has 10 rings (SSSR count). The smallest absolute Gasteiger partial charge is 0.380 e. The van der Waals surface area contributed by atoms with Gasteiger partial charge in [0.05, 0.1) is 46.8 Å². The first-order valence-corrected chi connectivity index (χ1v) is 25.4. The molecule has 0 N–H and O–H groups in total. The first-order valence-electron chi connectivity index (χ1n) is 23.8. The van der Waals surface area contributed by atoms with Crippen LogP contribution in [0.2, 0.25) is 0 Å². The van der Waals surface area contributed by atoms with Crippen LogP contribution in [0.5, 0.6) is 11.8 Å². The van der Waals surface area contributed by atoms with E-state index in [9.17, 15) is 0 Å². The molecule has 2 aliphatic rings. The number of alkyl halides is 12. The molecule has 78 heavy (non-hydrogen) atoms. The summed E-state index contributed by atoms with van der Waals surface area (Å²) in [6, 6.07) is 39.5. The molecule has 0 saturated carbocycles. The van der Waals surface area contributed by atoms with Crippen molar-refractivity contribution in [2.45, 2.75) is 35.5 Å². The molecule has 4 aromatic heterocycles. The van der Waals surface area contributed by atoms with Crippen LogP contribution in [-0.2, 0) is 14.1 Å². The number of halogens is 12. The van der Waals surface area contributed by atoms with Crippen molar-refractivity contribution in [1.29, 1.82) is 0 Å². The average Bonchev–Trinajstić information content (AvgIpc) is 4.36. The van der Waals surface area contributed by atoms with Crippen molar-refractivity contribution in [3.05, 3.63) is 168 Å². The van der Waals surface area contributed by atoms with Gasteiger partial charge in [0.2, 0.25) is 11.8 Å². The highest BCUT2D eigenvalue weighted by Gasteiger charge is 2.82. The maximum Gasteiger partial charge on any atom is 0.380 e. The van der Waals surface area contributed by atoms with Crippen LogP contribution < -0.4 is 19.3 Å². The number of anilines is 2. The number of aromatic nitrogens is 2. The molecule has 0 saturated heterocycles. The highest BCUT2D eigenvalue weighted by Crippen LogP contribution is 2.69. The highest BCUT2D eigenvalue weighted by molar-refractivity contribution is 7.20. The van der Waals surface area contributed by atoms with Gasteiger partial charge in [0, 0.05) is 85.4 Å². The van der Waals surface area contributed by atoms with Crippen LogP contribution in [0.15, 0.2) is 146 Å². The van der Waals surface area contributed by atoms with Crippen LogP contribution in [0.25, 0.3) is 65.7 Å². The van der Waals surface area contributed by atoms with Gasteiger partial charge in [-0.05, 0) is 46.5 Å². The van der Waals surface area contributed by atoms with Crippen LogP contribution >= 0.6 is 22.7 Å². The van der Waals surface area contributed by atoms with Crippen molar-refractivity contribution in [1.82, 2.24) is 9.13 Å². The first-order chi connectivity index (χ1) is 36.7. The molecule has 0 atom stereocenters. The number of ether oxygens (including phenoxy) is 2. The summed E-state index contributed by atoms with van der Waals surface area (Å²) in [5.41, 5.74) is -4.48. The fourth-order valence-electron chi connectivity index (χ4n) is 9.93. The Morgan fingerprint density at radius 3 is 0.885 bits per heavy atom. The normalized spacial score (nSPS) is 17.5. The van der Waals surface area contributed by atoms with Crippen LogP contribution in [0.4, 0.5) is 62.7 Å². The van der Waals surface area contributed by atoms with Crippen molar-refractivity contribution in [2.75, 3.05) is 52.2 Å². The topological polar surface area (TPSA) is 34.8 Å². The lowest BCUT2D eigenvalue weighted by molar-refractivity contribution is -0.254. The molecule has 20 heteroatoms. The molecule has 0 fully saturated rings. The zero-order valence-electron chi connectivity index (χ0n) is 42.8. The number of benzene rings is 4. The number of methoxy groups -OCH3 is 2. The molecular weight excluding hydrogens is 1080 g/mol. The van der Waals surface area contributed by atoms with E-state index in [1.165, 1.54) is 57.3 Å². The van der Waals surface area contributed by atoms with E-state index in [4.69, 9.17) is 9.47 Å². The van der Waals surface area contributed by atoms with Crippen molar-refractivity contribution < 1.29 is 62.2 Å². The molecular formula is C58H48F12N4O2S2. The highest BCUT2D eigenvalue weighted by atomic mass is 32.1. The van der Waals surface area contributed by atoms with Gasteiger partial charge in [-0.15, -0.1) is 22.7 Å². The predicted molar refractivity (Wildman–Crippen MR) is 286 cm³/mol. The minimum Gasteiger partial charge on any atom is -0.482 e. The van der Waals surface area contributed by atoms with Gasteiger partial charge < -0.3 is 28.4 Å². The monoisotopic (exact) mass is 1120 g/mol. The third kappa shape index (κ3) is 8.47. The molecule has 4 aromatic carbocycles. The van der Waals surface area contributed by atoms with Crippen LogP contribution in [-0.4, -0.2) is 87.1 Å². The van der Waals surface area contributed by atoms with Gasteiger partial charge in [0.1, 0.15) is 0 Å². The van der Waals surface area contributed by atoms with E-state index in [0.29, 0.717) is 43.4 Å². The van der Waals surface area contributed by atoms with Crippen molar-refractivity contribution in [3.8, 4) is 55.2 Å². The Morgan fingerprint density at radius 1 is 0.372 bits per heavy atom. The van der Waals surface area contributed by atoms with E-state index in [0.717, 1.165) is 36.9 Å². The quantitative estimate of drug-likeness (QED) is 0.114. The SMILES string of the molecule is CN(C)c1sc(-c2ccccc2)cc1C1=C(c2cc(-c3ccccc3)sc2N(C)C)C(F)(F)C(F)(F)C1(F)F.COc1c(C2=C(c3cc(-c4ccccc4)n(C)c3OC)C(F)(F)C(F)(F)C2(F)F)cc(-c2ccccc2)n1C. The van der Waals surface area contributed by atoms with Crippen LogP contribution in [0.1, 0.15) is 22.3 Å². The van der Waals surface area contributed by atoms with Gasteiger partial charge in [-0.25, -0.2) is 0 Å². The number of hydrogen-bond donors (Lipinski definition) is 0. The lowest BCUT2D eigenvalue weighted by Crippen LogP contribution is -2.49. The van der Waals surface area contributed by atoms with Gasteiger partial charge >= 0.3 is 35.5 Å². The minimum absolute atomic E-state index is 0.180. The molecule has 0 unspecified atom stereocenters. The Kier molecular flexibility index (Phi) is 14.1. The lowest BCUT2D eigenvalue weighted by atomic mass is 9.95. The van der Waals surface area contributed by atoms with Crippen molar-refractivity contribution >= 4 is 55.0 Å². The number of rotatable bonds is 12. The average molecular weight is 1130 g/mol. The summed E-state index contributed by atoms with van der Waals surface area (Å²) < 4.78 is 199. The van der Waals surface area contributed by atoms with Crippen molar-refractivity contribution in [3.63, 3.8) is 0 Å². The molecule has 6 nitrogen and oxygen atoms in total. The lowest BCUT2D eigenvalue weighted by Gasteiger charge is -2.26. The molecule has 0 bridgehead atoms. The van der Waals surface area contributed by atoms with E-state index in [-0.39, 0.29) is 32.9 Å². The number of nitrogens with zero attached hydrogens (tertiary/aromatic N) is 4. The molecule has 4 heterocycles. The zero-order chi connectivity index (χ0) is 56.7. The molecule has 0 radical (unpaired) electrons. The maximum absolute atomic E-state index is 15.7. The van der Waals surface area contributed by atoms with Gasteiger partial charge in [0.15, 0.2) is 0 Å². The number of thiophene rings is 2. The van der Waals surface area contributed by atoms with E-state index in [1.807, 2.05) is 0 Å². The molecule has 0 spiro atoms. The zero-order valence-corrected chi connectivity index (χ0v) is 44.4. The predicted octanol–water partition coefficient (Wildman–Crippen LogP) is 16.7. The Hall–Kier alpha value is -7.32. The molecule has 0 amide bonds. The van der Waals surface area contributed by atoms with E-state index < -0.39 is 69.0 Å². The Morgan fingerprint density at radius 2 is 0.628 bits per heavy atom. The van der Waals surface area contributed by atoms with E-state index in [1.54, 1.807) is 150 Å². The van der Waals surface area contributed by atoms with Gasteiger partial charge in [-0.1, -0.05) is 121 Å². The summed E-state index contributed by atoms with van der Waals surface area (Å²) in [5, 5.41) is 0.360. The van der Waals surface area contributed by atoms with E-state index in [2.05, 4.69) is 0 Å². The second-order valence-electron chi connectivity index (χ2n) is 18.9. The summed E-state index contributed by atoms with van der Waals surface area (Å²) in [7, 11) is 11.5. The molecule has 0 aliphatic heterocycles. The minimum atomic E-state index is -5.73. The fraction of sp³-hybridized carbons (Fsp3) is 0.241. The standard InChI is InChI=1S/C29H24F6N2O2.C29H24F6N2S2/c1-36-21(17-11-7-5-8-12-17)15-19(25(36)38-3)23-24(28(32,33)29(34,35)27(23,30)31)20-16-22(37(2)26(20)39-4)18-13-9-6-10-14-18;1-36(2)25-19(15-21(38-25)17-11-7-5-8-12-17)23-24(28(32,33)29(34,35)27(23,30)31)20-16-22(39-26(20)37(3)4)18-13-9-6-10-14-18/h2*5-16H,1-4H3. The summed E-state index contributed by atoms with van der Waals surface area (Å²) in [4.78, 5) is 3.96. The summed E-state index contributed by atoms with van der Waals surface area (Å²) in [5.74, 6) is -32.7. The third-order valence-electron chi connectivity index (χ3n) is 13.6. The Bertz CT molecular complexity index is 3350. The van der Waals surface area contributed by atoms with Gasteiger partial charge in [-0.2, -0.15) is 52.7 Å². The summed E-state index contributed by atoms with van der Waals surface area (Å²) in [6.45, 7) is 0. The number of hydrogen-bond acceptors (Lipinski definition) is 6. The summed E-state index contributed by atoms with van der Waals surface area (Å²) >= 11 is 2.16. The second-order valence-corrected chi connectivity index (χ2v) is 20.9. The molecule has 2 aliphatic carbocycles. The number of allylic oxidation sites excluding steroid dienone is 4. The molecule has 408 valence electrons.